The molecule has 3 heteroatoms. The molecule has 86 valence electrons. The van der Waals surface area contributed by atoms with Crippen LogP contribution in [-0.2, 0) is 6.54 Å². The average molecular weight is 225 g/mol. The number of hydrogen-bond donors (Lipinski definition) is 1. The van der Waals surface area contributed by atoms with Crippen molar-refractivity contribution in [2.24, 2.45) is 4.99 Å². The van der Waals surface area contributed by atoms with Gasteiger partial charge in [-0.3, -0.25) is 4.99 Å². The van der Waals surface area contributed by atoms with Crippen molar-refractivity contribution in [1.29, 1.82) is 0 Å². The van der Waals surface area contributed by atoms with Crippen LogP contribution < -0.4 is 0 Å². The van der Waals surface area contributed by atoms with E-state index in [2.05, 4.69) is 52.6 Å². The van der Waals surface area contributed by atoms with Crippen molar-refractivity contribution < 1.29 is 0 Å². The number of benzene rings is 1. The Morgan fingerprint density at radius 2 is 2.29 bits per heavy atom. The Morgan fingerprint density at radius 1 is 1.41 bits per heavy atom. The first-order valence-electron chi connectivity index (χ1n) is 5.75. The summed E-state index contributed by atoms with van der Waals surface area (Å²) in [4.78, 5) is 9.70. The molecule has 0 fully saturated rings. The third kappa shape index (κ3) is 1.84. The maximum absolute atomic E-state index is 4.20. The number of H-pyrrole nitrogens is 1. The Hall–Kier alpha value is -2.03. The number of rotatable bonds is 2. The average Bonchev–Trinajstić information content (AvgIpc) is 2.85. The highest BCUT2D eigenvalue weighted by Crippen LogP contribution is 2.19. The summed E-state index contributed by atoms with van der Waals surface area (Å²) in [7, 11) is 0. The molecule has 0 unspecified atom stereocenters. The number of hydrogen-bond acceptors (Lipinski definition) is 2. The molecule has 0 atom stereocenters. The molecule has 0 radical (unpaired) electrons. The lowest BCUT2D eigenvalue weighted by Crippen LogP contribution is -2.16. The fourth-order valence-electron chi connectivity index (χ4n) is 2.15. The van der Waals surface area contributed by atoms with Gasteiger partial charge in [0.15, 0.2) is 0 Å². The Labute approximate surface area is 100 Å². The number of nitrogens with one attached hydrogen (secondary N) is 1. The van der Waals surface area contributed by atoms with Gasteiger partial charge in [-0.05, 0) is 30.5 Å². The summed E-state index contributed by atoms with van der Waals surface area (Å²) in [6.45, 7) is 7.64. The van der Waals surface area contributed by atoms with Crippen molar-refractivity contribution in [2.75, 3.05) is 6.54 Å². The molecule has 2 heterocycles. The number of aromatic amines is 1. The van der Waals surface area contributed by atoms with Gasteiger partial charge in [0.1, 0.15) is 0 Å². The molecular weight excluding hydrogens is 210 g/mol. The minimum Gasteiger partial charge on any atom is -0.357 e. The molecule has 0 spiro atoms. The van der Waals surface area contributed by atoms with E-state index in [0.29, 0.717) is 0 Å². The van der Waals surface area contributed by atoms with Crippen LogP contribution in [0.5, 0.6) is 0 Å². The van der Waals surface area contributed by atoms with E-state index in [0.717, 1.165) is 18.8 Å². The number of aromatic nitrogens is 1. The fraction of sp³-hybridized carbons (Fsp3) is 0.214. The highest BCUT2D eigenvalue weighted by Gasteiger charge is 2.11. The van der Waals surface area contributed by atoms with E-state index < -0.39 is 0 Å². The van der Waals surface area contributed by atoms with Crippen molar-refractivity contribution in [1.82, 2.24) is 9.88 Å². The zero-order valence-electron chi connectivity index (χ0n) is 9.90. The van der Waals surface area contributed by atoms with Crippen LogP contribution in [0.4, 0.5) is 0 Å². The Kier molecular flexibility index (Phi) is 2.25. The van der Waals surface area contributed by atoms with E-state index in [-0.39, 0.29) is 0 Å². The molecule has 0 aliphatic carbocycles. The van der Waals surface area contributed by atoms with Crippen molar-refractivity contribution in [3.8, 4) is 0 Å². The Balaban J connectivity index is 1.90. The van der Waals surface area contributed by atoms with Crippen molar-refractivity contribution in [3.63, 3.8) is 0 Å². The first-order valence-corrected chi connectivity index (χ1v) is 5.75. The molecular formula is C14H15N3. The molecule has 2 aromatic rings. The fourth-order valence-corrected chi connectivity index (χ4v) is 2.15. The zero-order chi connectivity index (χ0) is 11.8. The normalized spacial score (nSPS) is 15.1. The van der Waals surface area contributed by atoms with Crippen LogP contribution in [0.15, 0.2) is 41.5 Å². The lowest BCUT2D eigenvalue weighted by Gasteiger charge is -2.13. The van der Waals surface area contributed by atoms with Crippen LogP contribution in [0.25, 0.3) is 10.9 Å². The van der Waals surface area contributed by atoms with Gasteiger partial charge in [-0.25, -0.2) is 0 Å². The molecule has 1 N–H and O–H groups in total. The molecule has 0 saturated heterocycles. The van der Waals surface area contributed by atoms with Gasteiger partial charge in [-0.15, -0.1) is 0 Å². The first kappa shape index (κ1) is 10.1. The van der Waals surface area contributed by atoms with Gasteiger partial charge in [0, 0.05) is 16.9 Å². The second-order valence-electron chi connectivity index (χ2n) is 4.54. The molecule has 17 heavy (non-hydrogen) atoms. The quantitative estimate of drug-likeness (QED) is 0.837. The first-order chi connectivity index (χ1) is 8.22. The number of aliphatic imine (C=N–C) groups is 1. The SMILES string of the molecule is C=C1CN=CN1Cc1cc2cc(C)ccc2[nH]1. The highest BCUT2D eigenvalue weighted by atomic mass is 15.2. The molecule has 1 aliphatic heterocycles. The van der Waals surface area contributed by atoms with E-state index in [4.69, 9.17) is 0 Å². The number of nitrogens with zero attached hydrogens (tertiary/aromatic N) is 2. The van der Waals surface area contributed by atoms with E-state index in [1.165, 1.54) is 22.2 Å². The molecule has 0 bridgehead atoms. The lowest BCUT2D eigenvalue weighted by atomic mass is 10.2. The van der Waals surface area contributed by atoms with E-state index in [1.54, 1.807) is 0 Å². The van der Waals surface area contributed by atoms with E-state index in [1.807, 2.05) is 6.34 Å². The van der Waals surface area contributed by atoms with Gasteiger partial charge in [0.2, 0.25) is 0 Å². The van der Waals surface area contributed by atoms with Crippen LogP contribution >= 0.6 is 0 Å². The van der Waals surface area contributed by atoms with Crippen LogP contribution in [0, 0.1) is 6.92 Å². The highest BCUT2D eigenvalue weighted by molar-refractivity contribution is 5.81. The summed E-state index contributed by atoms with van der Waals surface area (Å²) >= 11 is 0. The zero-order valence-corrected chi connectivity index (χ0v) is 9.90. The largest absolute Gasteiger partial charge is 0.357 e. The predicted molar refractivity (Wildman–Crippen MR) is 71.1 cm³/mol. The van der Waals surface area contributed by atoms with Gasteiger partial charge in [0.25, 0.3) is 0 Å². The minimum atomic E-state index is 0.722. The molecule has 1 aromatic carbocycles. The third-order valence-corrected chi connectivity index (χ3v) is 3.07. The second-order valence-corrected chi connectivity index (χ2v) is 4.54. The van der Waals surface area contributed by atoms with Gasteiger partial charge in [0.05, 0.1) is 19.4 Å². The maximum atomic E-state index is 4.20. The monoisotopic (exact) mass is 225 g/mol. The number of fused-ring (bicyclic) bond motifs is 1. The molecule has 1 aromatic heterocycles. The Morgan fingerprint density at radius 3 is 3.06 bits per heavy atom. The molecule has 0 amide bonds. The third-order valence-electron chi connectivity index (χ3n) is 3.07. The van der Waals surface area contributed by atoms with Crippen LogP contribution in [0.3, 0.4) is 0 Å². The van der Waals surface area contributed by atoms with Gasteiger partial charge in [-0.1, -0.05) is 18.2 Å². The lowest BCUT2D eigenvalue weighted by molar-refractivity contribution is 0.533. The van der Waals surface area contributed by atoms with Crippen molar-refractivity contribution >= 4 is 17.2 Å². The van der Waals surface area contributed by atoms with Gasteiger partial charge in [-0.2, -0.15) is 0 Å². The predicted octanol–water partition coefficient (Wildman–Crippen LogP) is 2.83. The smallest absolute Gasteiger partial charge is 0.0900 e. The Bertz CT molecular complexity index is 607. The summed E-state index contributed by atoms with van der Waals surface area (Å²) in [6, 6.07) is 8.64. The van der Waals surface area contributed by atoms with Gasteiger partial charge < -0.3 is 9.88 Å². The maximum Gasteiger partial charge on any atom is 0.0900 e. The molecule has 1 aliphatic rings. The van der Waals surface area contributed by atoms with E-state index in [9.17, 15) is 0 Å². The minimum absolute atomic E-state index is 0.722. The van der Waals surface area contributed by atoms with Crippen molar-refractivity contribution in [2.45, 2.75) is 13.5 Å². The second kappa shape index (κ2) is 3.77. The summed E-state index contributed by atoms with van der Waals surface area (Å²) in [6.07, 6.45) is 1.86. The number of aryl methyl sites for hydroxylation is 1. The van der Waals surface area contributed by atoms with Crippen LogP contribution in [-0.4, -0.2) is 22.8 Å². The van der Waals surface area contributed by atoms with Crippen molar-refractivity contribution in [3.05, 3.63) is 47.8 Å². The molecule has 0 saturated carbocycles. The van der Waals surface area contributed by atoms with Crippen LogP contribution in [0.1, 0.15) is 11.3 Å². The summed E-state index contributed by atoms with van der Waals surface area (Å²) in [5.41, 5.74) is 4.72. The van der Waals surface area contributed by atoms with Gasteiger partial charge >= 0.3 is 0 Å². The summed E-state index contributed by atoms with van der Waals surface area (Å²) in [5, 5.41) is 1.27. The molecule has 3 nitrogen and oxygen atoms in total. The summed E-state index contributed by atoms with van der Waals surface area (Å²) in [5.74, 6) is 0. The van der Waals surface area contributed by atoms with Crippen LogP contribution in [0.2, 0.25) is 0 Å². The molecule has 3 rings (SSSR count). The van der Waals surface area contributed by atoms with E-state index >= 15 is 0 Å². The topological polar surface area (TPSA) is 31.4 Å². The summed E-state index contributed by atoms with van der Waals surface area (Å²) < 4.78 is 0. The standard InChI is InChI=1S/C14H15N3/c1-10-3-4-14-12(5-10)6-13(16-14)8-17-9-15-7-11(17)2/h3-6,9,16H,2,7-8H2,1H3.